The summed E-state index contributed by atoms with van der Waals surface area (Å²) in [5, 5.41) is 0. The Morgan fingerprint density at radius 3 is 2.70 bits per heavy atom. The van der Waals surface area contributed by atoms with Gasteiger partial charge in [0.25, 0.3) is 0 Å². The van der Waals surface area contributed by atoms with Crippen molar-refractivity contribution in [1.29, 1.82) is 0 Å². The Kier molecular flexibility index (Phi) is 3.16. The Bertz CT molecular complexity index is 91.3. The van der Waals surface area contributed by atoms with Crippen LogP contribution in [0.5, 0.6) is 0 Å². The van der Waals surface area contributed by atoms with Crippen LogP contribution in [0.4, 0.5) is 0 Å². The summed E-state index contributed by atoms with van der Waals surface area (Å²) in [5.41, 5.74) is 11.3. The largest absolute Gasteiger partial charge is 0.330 e. The summed E-state index contributed by atoms with van der Waals surface area (Å²) in [7, 11) is 0. The van der Waals surface area contributed by atoms with E-state index in [1.807, 2.05) is 0 Å². The molecule has 2 heteroatoms. The van der Waals surface area contributed by atoms with Gasteiger partial charge < -0.3 is 11.5 Å². The van der Waals surface area contributed by atoms with Crippen LogP contribution >= 0.6 is 0 Å². The third kappa shape index (κ3) is 2.27. The first-order valence-corrected chi connectivity index (χ1v) is 4.28. The molecule has 0 aliphatic heterocycles. The van der Waals surface area contributed by atoms with Crippen molar-refractivity contribution in [3.8, 4) is 0 Å². The molecule has 0 amide bonds. The fraction of sp³-hybridized carbons (Fsp3) is 1.00. The van der Waals surface area contributed by atoms with Gasteiger partial charge >= 0.3 is 0 Å². The number of hydrogen-bond acceptors (Lipinski definition) is 2. The Balaban J connectivity index is 2.18. The molecule has 0 unspecified atom stereocenters. The van der Waals surface area contributed by atoms with E-state index in [2.05, 4.69) is 0 Å². The standard InChI is InChI=1S/C8H18N2/c9-5-4-7-2-1-3-8(10)6-7/h7-8H,1-6,9-10H2/t7-,8+/m0/s1. The van der Waals surface area contributed by atoms with Gasteiger partial charge in [0, 0.05) is 6.04 Å². The second-order valence-corrected chi connectivity index (χ2v) is 3.37. The minimum absolute atomic E-state index is 0.463. The molecule has 1 aliphatic carbocycles. The zero-order valence-electron chi connectivity index (χ0n) is 6.55. The molecular weight excluding hydrogens is 124 g/mol. The first-order chi connectivity index (χ1) is 4.83. The van der Waals surface area contributed by atoms with Crippen molar-refractivity contribution < 1.29 is 0 Å². The van der Waals surface area contributed by atoms with Crippen LogP contribution in [0, 0.1) is 5.92 Å². The summed E-state index contributed by atoms with van der Waals surface area (Å²) >= 11 is 0. The van der Waals surface area contributed by atoms with Crippen LogP contribution < -0.4 is 11.5 Å². The van der Waals surface area contributed by atoms with Crippen LogP contribution in [0.2, 0.25) is 0 Å². The number of hydrogen-bond donors (Lipinski definition) is 2. The van der Waals surface area contributed by atoms with E-state index in [0.717, 1.165) is 12.5 Å². The Hall–Kier alpha value is -0.0800. The van der Waals surface area contributed by atoms with Gasteiger partial charge in [0.15, 0.2) is 0 Å². The molecule has 4 N–H and O–H groups in total. The van der Waals surface area contributed by atoms with Gasteiger partial charge in [0.1, 0.15) is 0 Å². The quantitative estimate of drug-likeness (QED) is 0.600. The van der Waals surface area contributed by atoms with Crippen molar-refractivity contribution >= 4 is 0 Å². The molecule has 60 valence electrons. The molecule has 10 heavy (non-hydrogen) atoms. The monoisotopic (exact) mass is 142 g/mol. The molecule has 0 heterocycles. The van der Waals surface area contributed by atoms with E-state index >= 15 is 0 Å². The average molecular weight is 142 g/mol. The van der Waals surface area contributed by atoms with Gasteiger partial charge in [0.2, 0.25) is 0 Å². The molecule has 0 aromatic rings. The van der Waals surface area contributed by atoms with Gasteiger partial charge in [-0.25, -0.2) is 0 Å². The lowest BCUT2D eigenvalue weighted by molar-refractivity contribution is 0.310. The zero-order chi connectivity index (χ0) is 7.40. The smallest absolute Gasteiger partial charge is 0.00414 e. The van der Waals surface area contributed by atoms with Crippen LogP contribution in [0.15, 0.2) is 0 Å². The molecule has 2 nitrogen and oxygen atoms in total. The molecule has 1 saturated carbocycles. The van der Waals surface area contributed by atoms with E-state index in [-0.39, 0.29) is 0 Å². The molecule has 0 bridgehead atoms. The normalized spacial score (nSPS) is 34.2. The molecule has 1 aliphatic rings. The van der Waals surface area contributed by atoms with Gasteiger partial charge in [-0.2, -0.15) is 0 Å². The van der Waals surface area contributed by atoms with E-state index in [1.54, 1.807) is 0 Å². The van der Waals surface area contributed by atoms with E-state index < -0.39 is 0 Å². The third-order valence-corrected chi connectivity index (χ3v) is 2.40. The van der Waals surface area contributed by atoms with Gasteiger partial charge in [0.05, 0.1) is 0 Å². The van der Waals surface area contributed by atoms with Gasteiger partial charge in [-0.15, -0.1) is 0 Å². The second-order valence-electron chi connectivity index (χ2n) is 3.37. The molecule has 0 saturated heterocycles. The highest BCUT2D eigenvalue weighted by Gasteiger charge is 2.17. The topological polar surface area (TPSA) is 52.0 Å². The molecular formula is C8H18N2. The van der Waals surface area contributed by atoms with Crippen molar-refractivity contribution in [2.75, 3.05) is 6.54 Å². The lowest BCUT2D eigenvalue weighted by atomic mass is 9.84. The van der Waals surface area contributed by atoms with E-state index in [0.29, 0.717) is 6.04 Å². The summed E-state index contributed by atoms with van der Waals surface area (Å²) in [6, 6.07) is 0.463. The van der Waals surface area contributed by atoms with Crippen LogP contribution in [0.1, 0.15) is 32.1 Å². The van der Waals surface area contributed by atoms with Crippen molar-refractivity contribution in [1.82, 2.24) is 0 Å². The summed E-state index contributed by atoms with van der Waals surface area (Å²) in [6.45, 7) is 0.831. The molecule has 0 spiro atoms. The third-order valence-electron chi connectivity index (χ3n) is 2.40. The van der Waals surface area contributed by atoms with E-state index in [1.165, 1.54) is 32.1 Å². The lowest BCUT2D eigenvalue weighted by Gasteiger charge is -2.25. The molecule has 1 rings (SSSR count). The highest BCUT2D eigenvalue weighted by Crippen LogP contribution is 2.24. The first kappa shape index (κ1) is 8.02. The first-order valence-electron chi connectivity index (χ1n) is 4.28. The number of nitrogens with two attached hydrogens (primary N) is 2. The highest BCUT2D eigenvalue weighted by molar-refractivity contribution is 4.74. The highest BCUT2D eigenvalue weighted by atomic mass is 14.6. The van der Waals surface area contributed by atoms with E-state index in [4.69, 9.17) is 11.5 Å². The summed E-state index contributed by atoms with van der Waals surface area (Å²) < 4.78 is 0. The number of rotatable bonds is 2. The van der Waals surface area contributed by atoms with Crippen LogP contribution in [0.3, 0.4) is 0 Å². The zero-order valence-corrected chi connectivity index (χ0v) is 6.55. The fourth-order valence-corrected chi connectivity index (χ4v) is 1.83. The molecule has 0 aromatic carbocycles. The van der Waals surface area contributed by atoms with Gasteiger partial charge in [-0.1, -0.05) is 12.8 Å². The van der Waals surface area contributed by atoms with Gasteiger partial charge in [-0.05, 0) is 31.7 Å². The van der Waals surface area contributed by atoms with Crippen molar-refractivity contribution in [2.24, 2.45) is 17.4 Å². The lowest BCUT2D eigenvalue weighted by Crippen LogP contribution is -2.28. The van der Waals surface area contributed by atoms with Crippen molar-refractivity contribution in [3.63, 3.8) is 0 Å². The predicted octanol–water partition coefficient (Wildman–Crippen LogP) is 0.853. The van der Waals surface area contributed by atoms with E-state index in [9.17, 15) is 0 Å². The Morgan fingerprint density at radius 2 is 2.10 bits per heavy atom. The Morgan fingerprint density at radius 1 is 1.30 bits per heavy atom. The predicted molar refractivity (Wildman–Crippen MR) is 43.6 cm³/mol. The molecule has 1 fully saturated rings. The summed E-state index contributed by atoms with van der Waals surface area (Å²) in [6.07, 6.45) is 6.27. The maximum Gasteiger partial charge on any atom is 0.00414 e. The van der Waals surface area contributed by atoms with Crippen LogP contribution in [0.25, 0.3) is 0 Å². The maximum absolute atomic E-state index is 5.81. The molecule has 0 aromatic heterocycles. The molecule has 0 radical (unpaired) electrons. The van der Waals surface area contributed by atoms with Crippen LogP contribution in [-0.2, 0) is 0 Å². The van der Waals surface area contributed by atoms with Crippen molar-refractivity contribution in [3.05, 3.63) is 0 Å². The summed E-state index contributed by atoms with van der Waals surface area (Å²) in [5.74, 6) is 0.828. The minimum Gasteiger partial charge on any atom is -0.330 e. The maximum atomic E-state index is 5.81. The molecule has 2 atom stereocenters. The SMILES string of the molecule is NCC[C@@H]1CCC[C@@H](N)C1. The summed E-state index contributed by atoms with van der Waals surface area (Å²) in [4.78, 5) is 0. The Labute approximate surface area is 63.0 Å². The van der Waals surface area contributed by atoms with Crippen LogP contribution in [-0.4, -0.2) is 12.6 Å². The average Bonchev–Trinajstić information content (AvgIpc) is 1.88. The fourth-order valence-electron chi connectivity index (χ4n) is 1.83. The van der Waals surface area contributed by atoms with Crippen molar-refractivity contribution in [2.45, 2.75) is 38.1 Å². The minimum atomic E-state index is 0.463. The second kappa shape index (κ2) is 3.94. The van der Waals surface area contributed by atoms with Gasteiger partial charge in [-0.3, -0.25) is 0 Å².